The molecule has 0 radical (unpaired) electrons. The van der Waals surface area contributed by atoms with Crippen LogP contribution in [0.2, 0.25) is 0 Å². The van der Waals surface area contributed by atoms with Crippen LogP contribution < -0.4 is 4.90 Å². The first-order valence-electron chi connectivity index (χ1n) is 9.97. The van der Waals surface area contributed by atoms with Crippen molar-refractivity contribution >= 4 is 33.6 Å². The summed E-state index contributed by atoms with van der Waals surface area (Å²) >= 11 is 1.64. The van der Waals surface area contributed by atoms with Crippen molar-refractivity contribution in [3.63, 3.8) is 0 Å². The SMILES string of the molecule is N#CC(C#N)=C1C(=Cc2ccc(N3CCCCC3)s2)C(=C(C#N)C#N)c2ccccc21. The van der Waals surface area contributed by atoms with Gasteiger partial charge in [0.15, 0.2) is 0 Å². The predicted molar refractivity (Wildman–Crippen MR) is 121 cm³/mol. The molecule has 0 bridgehead atoms. The molecule has 2 aliphatic rings. The summed E-state index contributed by atoms with van der Waals surface area (Å²) in [6.07, 6.45) is 5.53. The number of hydrogen-bond donors (Lipinski definition) is 0. The number of hydrogen-bond acceptors (Lipinski definition) is 6. The van der Waals surface area contributed by atoms with Crippen LogP contribution in [0.5, 0.6) is 0 Å². The molecule has 0 atom stereocenters. The van der Waals surface area contributed by atoms with Crippen molar-refractivity contribution in [1.82, 2.24) is 0 Å². The summed E-state index contributed by atoms with van der Waals surface area (Å²) in [5.41, 5.74) is 2.85. The van der Waals surface area contributed by atoms with E-state index in [1.165, 1.54) is 24.3 Å². The lowest BCUT2D eigenvalue weighted by molar-refractivity contribution is 0.580. The van der Waals surface area contributed by atoms with Crippen molar-refractivity contribution in [2.75, 3.05) is 18.0 Å². The Morgan fingerprint density at radius 2 is 1.32 bits per heavy atom. The van der Waals surface area contributed by atoms with Gasteiger partial charge in [-0.3, -0.25) is 0 Å². The summed E-state index contributed by atoms with van der Waals surface area (Å²) in [5.74, 6) is 0. The van der Waals surface area contributed by atoms with Gasteiger partial charge in [-0.15, -0.1) is 11.3 Å². The summed E-state index contributed by atoms with van der Waals surface area (Å²) in [6.45, 7) is 2.08. The first-order valence-corrected chi connectivity index (χ1v) is 10.8. The van der Waals surface area contributed by atoms with Crippen LogP contribution in [0, 0.1) is 45.3 Å². The minimum atomic E-state index is -0.0308. The van der Waals surface area contributed by atoms with Gasteiger partial charge in [0.1, 0.15) is 35.4 Å². The molecule has 0 saturated carbocycles. The third-order valence-electron chi connectivity index (χ3n) is 5.52. The molecule has 0 spiro atoms. The topological polar surface area (TPSA) is 98.4 Å². The molecule has 1 saturated heterocycles. The van der Waals surface area contributed by atoms with Crippen LogP contribution in [0.25, 0.3) is 17.2 Å². The zero-order valence-electron chi connectivity index (χ0n) is 16.7. The summed E-state index contributed by atoms with van der Waals surface area (Å²) in [6, 6.07) is 19.3. The van der Waals surface area contributed by atoms with E-state index < -0.39 is 0 Å². The lowest BCUT2D eigenvalue weighted by atomic mass is 9.96. The number of thiophene rings is 1. The highest BCUT2D eigenvalue weighted by molar-refractivity contribution is 7.17. The monoisotopic (exact) mass is 419 g/mol. The molecule has 1 fully saturated rings. The first-order chi connectivity index (χ1) is 15.2. The van der Waals surface area contributed by atoms with E-state index in [0.717, 1.165) is 18.0 Å². The van der Waals surface area contributed by atoms with Crippen molar-refractivity contribution in [2.45, 2.75) is 19.3 Å². The normalized spacial score (nSPS) is 14.7. The maximum Gasteiger partial charge on any atom is 0.138 e. The Bertz CT molecular complexity index is 1200. The second-order valence-electron chi connectivity index (χ2n) is 7.27. The minimum Gasteiger partial charge on any atom is -0.363 e. The van der Waals surface area contributed by atoms with Gasteiger partial charge in [-0.05, 0) is 54.2 Å². The standard InChI is InChI=1S/C25H17N5S/c26-13-17(14-27)24-20-6-2-3-7-21(20)25(18(15-28)16-29)22(24)12-19-8-9-23(31-19)30-10-4-1-5-11-30/h2-3,6-9,12H,1,4-5,10-11H2. The molecule has 6 heteroatoms. The maximum atomic E-state index is 9.60. The van der Waals surface area contributed by atoms with Gasteiger partial charge in [0.25, 0.3) is 0 Å². The first kappa shape index (κ1) is 20.2. The van der Waals surface area contributed by atoms with Gasteiger partial charge in [0.05, 0.1) is 5.00 Å². The van der Waals surface area contributed by atoms with Crippen LogP contribution in [0.15, 0.2) is 53.1 Å². The van der Waals surface area contributed by atoms with E-state index in [9.17, 15) is 21.0 Å². The van der Waals surface area contributed by atoms with E-state index in [2.05, 4.69) is 11.0 Å². The summed E-state index contributed by atoms with van der Waals surface area (Å²) < 4.78 is 0. The van der Waals surface area contributed by atoms with Gasteiger partial charge in [0, 0.05) is 29.1 Å². The molecule has 4 rings (SSSR count). The maximum absolute atomic E-state index is 9.60. The van der Waals surface area contributed by atoms with E-state index in [1.807, 2.05) is 60.7 Å². The third kappa shape index (κ3) is 3.62. The number of piperidine rings is 1. The van der Waals surface area contributed by atoms with E-state index in [4.69, 9.17) is 0 Å². The van der Waals surface area contributed by atoms with Crippen LogP contribution in [0.1, 0.15) is 35.3 Å². The van der Waals surface area contributed by atoms with Gasteiger partial charge in [-0.1, -0.05) is 24.3 Å². The number of allylic oxidation sites excluding steroid dienone is 5. The molecule has 0 N–H and O–H groups in total. The van der Waals surface area contributed by atoms with Gasteiger partial charge in [-0.2, -0.15) is 21.0 Å². The number of rotatable bonds is 2. The molecule has 0 unspecified atom stereocenters. The van der Waals surface area contributed by atoms with Crippen molar-refractivity contribution in [3.05, 3.63) is 69.1 Å². The molecule has 2 aromatic rings. The molecule has 2 heterocycles. The molecular weight excluding hydrogens is 402 g/mol. The Labute approximate surface area is 185 Å². The fourth-order valence-electron chi connectivity index (χ4n) is 4.14. The highest BCUT2D eigenvalue weighted by Gasteiger charge is 2.32. The average molecular weight is 420 g/mol. The van der Waals surface area contributed by atoms with Crippen LogP contribution in [-0.2, 0) is 0 Å². The highest BCUT2D eigenvalue weighted by Crippen LogP contribution is 2.49. The Balaban J connectivity index is 1.93. The molecule has 1 aromatic carbocycles. The number of nitriles is 4. The van der Waals surface area contributed by atoms with Crippen LogP contribution in [0.3, 0.4) is 0 Å². The van der Waals surface area contributed by atoms with Crippen LogP contribution >= 0.6 is 11.3 Å². The van der Waals surface area contributed by atoms with Crippen LogP contribution in [-0.4, -0.2) is 13.1 Å². The number of benzene rings is 1. The highest BCUT2D eigenvalue weighted by atomic mass is 32.1. The van der Waals surface area contributed by atoms with Crippen molar-refractivity contribution < 1.29 is 0 Å². The Hall–Kier alpha value is -4.10. The van der Waals surface area contributed by atoms with Gasteiger partial charge in [0.2, 0.25) is 0 Å². The molecule has 1 aliphatic heterocycles. The molecule has 31 heavy (non-hydrogen) atoms. The predicted octanol–water partition coefficient (Wildman–Crippen LogP) is 5.44. The van der Waals surface area contributed by atoms with E-state index in [0.29, 0.717) is 27.8 Å². The largest absolute Gasteiger partial charge is 0.363 e. The molecule has 0 amide bonds. The van der Waals surface area contributed by atoms with E-state index in [-0.39, 0.29) is 11.1 Å². The molecule has 148 valence electrons. The van der Waals surface area contributed by atoms with E-state index >= 15 is 0 Å². The molecule has 1 aliphatic carbocycles. The smallest absolute Gasteiger partial charge is 0.138 e. The fraction of sp³-hybridized carbons (Fsp3) is 0.200. The zero-order valence-corrected chi connectivity index (χ0v) is 17.5. The second kappa shape index (κ2) is 8.73. The van der Waals surface area contributed by atoms with Gasteiger partial charge >= 0.3 is 0 Å². The summed E-state index contributed by atoms with van der Waals surface area (Å²) in [7, 11) is 0. The van der Waals surface area contributed by atoms with Crippen molar-refractivity contribution in [3.8, 4) is 24.3 Å². The number of anilines is 1. The Kier molecular flexibility index (Phi) is 5.68. The molecular formula is C25H17N5S. The van der Waals surface area contributed by atoms with E-state index in [1.54, 1.807) is 11.3 Å². The quantitative estimate of drug-likeness (QED) is 0.604. The van der Waals surface area contributed by atoms with Gasteiger partial charge < -0.3 is 4.90 Å². The lowest BCUT2D eigenvalue weighted by Crippen LogP contribution is -2.28. The summed E-state index contributed by atoms with van der Waals surface area (Å²) in [5, 5.41) is 39.6. The second-order valence-corrected chi connectivity index (χ2v) is 8.37. The minimum absolute atomic E-state index is 0.0308. The lowest BCUT2D eigenvalue weighted by Gasteiger charge is -2.27. The average Bonchev–Trinajstić information content (AvgIpc) is 3.41. The molecule has 1 aromatic heterocycles. The molecule has 5 nitrogen and oxygen atoms in total. The van der Waals surface area contributed by atoms with Crippen molar-refractivity contribution in [1.29, 1.82) is 21.0 Å². The third-order valence-corrected chi connectivity index (χ3v) is 6.61. The number of nitrogens with zero attached hydrogens (tertiary/aromatic N) is 5. The Morgan fingerprint density at radius 3 is 1.84 bits per heavy atom. The fourth-order valence-corrected chi connectivity index (χ4v) is 5.14. The summed E-state index contributed by atoms with van der Waals surface area (Å²) in [4.78, 5) is 3.32. The van der Waals surface area contributed by atoms with Gasteiger partial charge in [-0.25, -0.2) is 0 Å². The number of fused-ring (bicyclic) bond motifs is 1. The van der Waals surface area contributed by atoms with Crippen molar-refractivity contribution in [2.24, 2.45) is 0 Å². The Morgan fingerprint density at radius 1 is 0.774 bits per heavy atom. The zero-order chi connectivity index (χ0) is 21.8. The van der Waals surface area contributed by atoms with Crippen LogP contribution in [0.4, 0.5) is 5.00 Å².